The quantitative estimate of drug-likeness (QED) is 0.383. The van der Waals surface area contributed by atoms with Crippen LogP contribution in [-0.2, 0) is 0 Å². The van der Waals surface area contributed by atoms with Gasteiger partial charge in [0.15, 0.2) is 0 Å². The van der Waals surface area contributed by atoms with Crippen LogP contribution in [0.5, 0.6) is 0 Å². The molecule has 0 nitrogen and oxygen atoms in total. The smallest absolute Gasteiger partial charge is 0.0164 e. The van der Waals surface area contributed by atoms with Crippen LogP contribution < -0.4 is 0 Å². The van der Waals surface area contributed by atoms with Gasteiger partial charge in [-0.25, -0.2) is 0 Å². The SMILES string of the molecule is CC1(C)CC2CC(S)CCC2CC1I. The molecular weight excluding hydrogens is 303 g/mol. The largest absolute Gasteiger partial charge is 0.176 e. The summed E-state index contributed by atoms with van der Waals surface area (Å²) in [4.78, 5) is 0. The molecular formula is C12H21IS. The van der Waals surface area contributed by atoms with E-state index in [0.717, 1.165) is 15.8 Å². The Balaban J connectivity index is 2.05. The molecule has 0 heterocycles. The molecule has 0 radical (unpaired) electrons. The van der Waals surface area contributed by atoms with Gasteiger partial charge in [0.2, 0.25) is 0 Å². The minimum Gasteiger partial charge on any atom is -0.176 e. The Hall–Kier alpha value is 1.08. The molecule has 2 aliphatic rings. The molecule has 0 amide bonds. The van der Waals surface area contributed by atoms with E-state index in [1.165, 1.54) is 32.1 Å². The van der Waals surface area contributed by atoms with Crippen molar-refractivity contribution < 1.29 is 0 Å². The van der Waals surface area contributed by atoms with Crippen molar-refractivity contribution in [2.45, 2.75) is 55.1 Å². The fourth-order valence-electron chi connectivity index (χ4n) is 3.25. The van der Waals surface area contributed by atoms with Crippen LogP contribution in [0, 0.1) is 17.3 Å². The van der Waals surface area contributed by atoms with Crippen molar-refractivity contribution in [3.8, 4) is 0 Å². The first-order valence-electron chi connectivity index (χ1n) is 5.81. The first kappa shape index (κ1) is 11.6. The maximum Gasteiger partial charge on any atom is 0.0164 e. The highest BCUT2D eigenvalue weighted by Crippen LogP contribution is 2.51. The standard InChI is InChI=1S/C12H21IS/c1-12(2)7-9-5-10(14)4-3-8(9)6-11(12)13/h8-11,14H,3-7H2,1-2H3. The summed E-state index contributed by atoms with van der Waals surface area (Å²) in [5, 5.41) is 0.692. The van der Waals surface area contributed by atoms with Crippen molar-refractivity contribution in [1.29, 1.82) is 0 Å². The van der Waals surface area contributed by atoms with Crippen molar-refractivity contribution in [2.24, 2.45) is 17.3 Å². The number of hydrogen-bond donors (Lipinski definition) is 1. The maximum absolute atomic E-state index is 4.66. The number of rotatable bonds is 0. The maximum atomic E-state index is 4.66. The zero-order valence-corrected chi connectivity index (χ0v) is 12.2. The fourth-order valence-corrected chi connectivity index (χ4v) is 4.58. The number of hydrogen-bond acceptors (Lipinski definition) is 1. The molecule has 2 heteroatoms. The van der Waals surface area contributed by atoms with Gasteiger partial charge in [0.05, 0.1) is 0 Å². The molecule has 2 rings (SSSR count). The monoisotopic (exact) mass is 324 g/mol. The lowest BCUT2D eigenvalue weighted by Gasteiger charge is -2.47. The van der Waals surface area contributed by atoms with E-state index in [1.54, 1.807) is 0 Å². The second-order valence-electron chi connectivity index (χ2n) is 5.88. The zero-order chi connectivity index (χ0) is 10.3. The molecule has 0 aromatic heterocycles. The van der Waals surface area contributed by atoms with E-state index in [9.17, 15) is 0 Å². The van der Waals surface area contributed by atoms with E-state index in [4.69, 9.17) is 0 Å². The summed E-state index contributed by atoms with van der Waals surface area (Å²) in [5.41, 5.74) is 0.562. The van der Waals surface area contributed by atoms with E-state index in [1.807, 2.05) is 0 Å². The predicted molar refractivity (Wildman–Crippen MR) is 74.4 cm³/mol. The van der Waals surface area contributed by atoms with Crippen LogP contribution in [0.2, 0.25) is 0 Å². The van der Waals surface area contributed by atoms with Gasteiger partial charge in [-0.3, -0.25) is 0 Å². The Morgan fingerprint density at radius 3 is 2.57 bits per heavy atom. The van der Waals surface area contributed by atoms with Crippen LogP contribution in [0.3, 0.4) is 0 Å². The third-order valence-electron chi connectivity index (χ3n) is 4.26. The van der Waals surface area contributed by atoms with Crippen LogP contribution in [0.15, 0.2) is 0 Å². The molecule has 82 valence electrons. The predicted octanol–water partition coefficient (Wildman–Crippen LogP) is 4.32. The summed E-state index contributed by atoms with van der Waals surface area (Å²) in [7, 11) is 0. The number of halogens is 1. The Morgan fingerprint density at radius 2 is 1.86 bits per heavy atom. The lowest BCUT2D eigenvalue weighted by atomic mass is 9.62. The van der Waals surface area contributed by atoms with Gasteiger partial charge >= 0.3 is 0 Å². The Morgan fingerprint density at radius 1 is 1.14 bits per heavy atom. The number of fused-ring (bicyclic) bond motifs is 1. The highest BCUT2D eigenvalue weighted by molar-refractivity contribution is 14.1. The molecule has 4 unspecified atom stereocenters. The third kappa shape index (κ3) is 2.26. The van der Waals surface area contributed by atoms with Crippen LogP contribution in [0.1, 0.15) is 46.0 Å². The molecule has 2 aliphatic carbocycles. The van der Waals surface area contributed by atoms with Gasteiger partial charge in [-0.15, -0.1) is 0 Å². The van der Waals surface area contributed by atoms with Gasteiger partial charge in [-0.1, -0.05) is 36.4 Å². The van der Waals surface area contributed by atoms with Crippen molar-refractivity contribution >= 4 is 35.2 Å². The van der Waals surface area contributed by atoms with Gasteiger partial charge in [0.1, 0.15) is 0 Å². The average molecular weight is 324 g/mol. The summed E-state index contributed by atoms with van der Waals surface area (Å²) in [6.45, 7) is 4.89. The lowest BCUT2D eigenvalue weighted by molar-refractivity contribution is 0.0979. The van der Waals surface area contributed by atoms with Crippen LogP contribution in [-0.4, -0.2) is 9.17 Å². The second-order valence-corrected chi connectivity index (χ2v) is 8.12. The van der Waals surface area contributed by atoms with Crippen molar-refractivity contribution in [3.05, 3.63) is 0 Å². The molecule has 0 aromatic carbocycles. The van der Waals surface area contributed by atoms with Crippen LogP contribution >= 0.6 is 35.2 Å². The minimum absolute atomic E-state index is 0.562. The molecule has 14 heavy (non-hydrogen) atoms. The summed E-state index contributed by atoms with van der Waals surface area (Å²) in [6, 6.07) is 0. The highest BCUT2D eigenvalue weighted by Gasteiger charge is 2.42. The normalized spacial score (nSPS) is 47.1. The first-order valence-corrected chi connectivity index (χ1v) is 7.57. The van der Waals surface area contributed by atoms with Gasteiger partial charge < -0.3 is 0 Å². The lowest BCUT2D eigenvalue weighted by Crippen LogP contribution is -2.41. The van der Waals surface area contributed by atoms with Crippen LogP contribution in [0.4, 0.5) is 0 Å². The Bertz CT molecular complexity index is 214. The van der Waals surface area contributed by atoms with Gasteiger partial charge in [-0.2, -0.15) is 12.6 Å². The van der Waals surface area contributed by atoms with Crippen molar-refractivity contribution in [3.63, 3.8) is 0 Å². The van der Waals surface area contributed by atoms with Crippen LogP contribution in [0.25, 0.3) is 0 Å². The fraction of sp³-hybridized carbons (Fsp3) is 1.00. The van der Waals surface area contributed by atoms with Crippen molar-refractivity contribution in [1.82, 2.24) is 0 Å². The number of alkyl halides is 1. The van der Waals surface area contributed by atoms with E-state index in [-0.39, 0.29) is 0 Å². The summed E-state index contributed by atoms with van der Waals surface area (Å²) in [5.74, 6) is 2.00. The summed E-state index contributed by atoms with van der Waals surface area (Å²) in [6.07, 6.45) is 7.06. The zero-order valence-electron chi connectivity index (χ0n) is 9.17. The molecule has 4 atom stereocenters. The van der Waals surface area contributed by atoms with E-state index in [0.29, 0.717) is 10.7 Å². The molecule has 0 N–H and O–H groups in total. The van der Waals surface area contributed by atoms with E-state index >= 15 is 0 Å². The van der Waals surface area contributed by atoms with Gasteiger partial charge in [-0.05, 0) is 49.4 Å². The molecule has 0 aromatic rings. The minimum atomic E-state index is 0.562. The summed E-state index contributed by atoms with van der Waals surface area (Å²) < 4.78 is 0.887. The second kappa shape index (κ2) is 4.15. The molecule has 0 saturated heterocycles. The molecule has 0 aliphatic heterocycles. The van der Waals surface area contributed by atoms with Crippen molar-refractivity contribution in [2.75, 3.05) is 0 Å². The first-order chi connectivity index (χ1) is 6.49. The summed E-state index contributed by atoms with van der Waals surface area (Å²) >= 11 is 7.33. The van der Waals surface area contributed by atoms with E-state index in [2.05, 4.69) is 49.1 Å². The highest BCUT2D eigenvalue weighted by atomic mass is 127. The third-order valence-corrected chi connectivity index (χ3v) is 6.92. The molecule has 2 fully saturated rings. The number of thiol groups is 1. The topological polar surface area (TPSA) is 0 Å². The van der Waals surface area contributed by atoms with E-state index < -0.39 is 0 Å². The Kier molecular flexibility index (Phi) is 3.43. The average Bonchev–Trinajstić information content (AvgIpc) is 2.07. The van der Waals surface area contributed by atoms with Gasteiger partial charge in [0, 0.05) is 9.17 Å². The van der Waals surface area contributed by atoms with Gasteiger partial charge in [0.25, 0.3) is 0 Å². The Labute approximate surface area is 107 Å². The molecule has 0 spiro atoms. The molecule has 2 saturated carbocycles. The molecule has 0 bridgehead atoms.